The second-order valence-corrected chi connectivity index (χ2v) is 6.89. The Balaban J connectivity index is 1.69. The molecule has 0 atom stereocenters. The fraction of sp³-hybridized carbons (Fsp3) is 0.136. The summed E-state index contributed by atoms with van der Waals surface area (Å²) >= 11 is 12.1. The smallest absolute Gasteiger partial charge is 0.251 e. The van der Waals surface area contributed by atoms with Gasteiger partial charge >= 0.3 is 0 Å². The Labute approximate surface area is 174 Å². The molecular weight excluding hydrogens is 397 g/mol. The van der Waals surface area contributed by atoms with E-state index in [1.165, 1.54) is 0 Å². The van der Waals surface area contributed by atoms with E-state index in [0.29, 0.717) is 27.9 Å². The van der Waals surface area contributed by atoms with Crippen molar-refractivity contribution in [2.75, 3.05) is 7.11 Å². The van der Waals surface area contributed by atoms with Gasteiger partial charge in [0, 0.05) is 27.7 Å². The van der Waals surface area contributed by atoms with Crippen LogP contribution in [0.2, 0.25) is 10.0 Å². The summed E-state index contributed by atoms with van der Waals surface area (Å²) in [5.41, 5.74) is 2.08. The molecule has 4 nitrogen and oxygen atoms in total. The van der Waals surface area contributed by atoms with Gasteiger partial charge in [-0.15, -0.1) is 0 Å². The topological polar surface area (TPSA) is 47.6 Å². The molecule has 0 spiro atoms. The Morgan fingerprint density at radius 1 is 0.964 bits per heavy atom. The van der Waals surface area contributed by atoms with E-state index in [1.54, 1.807) is 43.5 Å². The van der Waals surface area contributed by atoms with Crippen LogP contribution in [0.25, 0.3) is 0 Å². The molecular formula is C22H19Cl2NO3. The van der Waals surface area contributed by atoms with Crippen molar-refractivity contribution in [2.24, 2.45) is 0 Å². The molecule has 0 aliphatic heterocycles. The lowest BCUT2D eigenvalue weighted by Crippen LogP contribution is -2.23. The summed E-state index contributed by atoms with van der Waals surface area (Å²) in [5, 5.41) is 3.93. The van der Waals surface area contributed by atoms with Gasteiger partial charge in [-0.05, 0) is 48.0 Å². The zero-order chi connectivity index (χ0) is 19.9. The van der Waals surface area contributed by atoms with Gasteiger partial charge in [0.1, 0.15) is 18.1 Å². The minimum absolute atomic E-state index is 0.213. The molecule has 28 heavy (non-hydrogen) atoms. The number of methoxy groups -OCH3 is 1. The number of rotatable bonds is 7. The number of ether oxygens (including phenoxy) is 2. The van der Waals surface area contributed by atoms with Crippen LogP contribution >= 0.6 is 23.2 Å². The monoisotopic (exact) mass is 415 g/mol. The Hall–Kier alpha value is -2.69. The lowest BCUT2D eigenvalue weighted by atomic mass is 10.1. The number of nitrogens with one attached hydrogen (secondary N) is 1. The second kappa shape index (κ2) is 9.49. The van der Waals surface area contributed by atoms with E-state index >= 15 is 0 Å². The summed E-state index contributed by atoms with van der Waals surface area (Å²) in [7, 11) is 1.59. The highest BCUT2D eigenvalue weighted by molar-refractivity contribution is 6.35. The first-order valence-corrected chi connectivity index (χ1v) is 9.39. The van der Waals surface area contributed by atoms with Crippen molar-refractivity contribution in [3.05, 3.63) is 93.5 Å². The number of carbonyl (C=O) groups is 1. The Morgan fingerprint density at radius 2 is 1.75 bits per heavy atom. The maximum absolute atomic E-state index is 12.6. The van der Waals surface area contributed by atoms with Crippen LogP contribution in [0, 0.1) is 0 Å². The molecule has 144 valence electrons. The first kappa shape index (κ1) is 20.1. The molecule has 3 aromatic carbocycles. The van der Waals surface area contributed by atoms with Gasteiger partial charge in [-0.1, -0.05) is 47.5 Å². The van der Waals surface area contributed by atoms with Crippen molar-refractivity contribution < 1.29 is 14.3 Å². The van der Waals surface area contributed by atoms with Crippen LogP contribution in [-0.2, 0) is 13.2 Å². The number of hydrogen-bond donors (Lipinski definition) is 1. The number of para-hydroxylation sites is 1. The third-order valence-corrected chi connectivity index (χ3v) is 4.72. The van der Waals surface area contributed by atoms with Gasteiger partial charge < -0.3 is 14.8 Å². The van der Waals surface area contributed by atoms with Gasteiger partial charge in [-0.25, -0.2) is 0 Å². The largest absolute Gasteiger partial charge is 0.496 e. The van der Waals surface area contributed by atoms with Crippen LogP contribution < -0.4 is 14.8 Å². The van der Waals surface area contributed by atoms with Crippen molar-refractivity contribution in [1.29, 1.82) is 0 Å². The first-order valence-electron chi connectivity index (χ1n) is 8.63. The van der Waals surface area contributed by atoms with Crippen LogP contribution in [0.15, 0.2) is 66.7 Å². The molecule has 0 bridgehead atoms. The summed E-state index contributed by atoms with van der Waals surface area (Å²) in [5.74, 6) is 1.19. The van der Waals surface area contributed by atoms with Crippen molar-refractivity contribution in [3.8, 4) is 11.5 Å². The summed E-state index contributed by atoms with van der Waals surface area (Å²) in [6, 6.07) is 19.9. The molecule has 0 saturated heterocycles. The summed E-state index contributed by atoms with van der Waals surface area (Å²) in [6.07, 6.45) is 0. The van der Waals surface area contributed by atoms with Gasteiger partial charge in [0.2, 0.25) is 0 Å². The number of hydrogen-bond acceptors (Lipinski definition) is 3. The highest BCUT2D eigenvalue weighted by atomic mass is 35.5. The fourth-order valence-corrected chi connectivity index (χ4v) is 3.13. The first-order chi connectivity index (χ1) is 13.6. The van der Waals surface area contributed by atoms with Crippen LogP contribution in [-0.4, -0.2) is 13.0 Å². The summed E-state index contributed by atoms with van der Waals surface area (Å²) in [4.78, 5) is 12.6. The van der Waals surface area contributed by atoms with E-state index < -0.39 is 0 Å². The number of carbonyl (C=O) groups excluding carboxylic acids is 1. The molecule has 1 N–H and O–H groups in total. The SMILES string of the molecule is COc1ccc(C(=O)NCc2ccc(Cl)cc2Cl)cc1COc1ccccc1. The molecule has 6 heteroatoms. The number of amides is 1. The van der Waals surface area contributed by atoms with E-state index in [4.69, 9.17) is 32.7 Å². The zero-order valence-corrected chi connectivity index (χ0v) is 16.8. The van der Waals surface area contributed by atoms with E-state index in [0.717, 1.165) is 16.9 Å². The molecule has 0 aliphatic carbocycles. The van der Waals surface area contributed by atoms with Gasteiger partial charge in [0.25, 0.3) is 5.91 Å². The third kappa shape index (κ3) is 5.18. The Morgan fingerprint density at radius 3 is 2.46 bits per heavy atom. The lowest BCUT2D eigenvalue weighted by Gasteiger charge is -2.13. The van der Waals surface area contributed by atoms with Gasteiger partial charge in [0.05, 0.1) is 7.11 Å². The van der Waals surface area contributed by atoms with Gasteiger partial charge in [-0.2, -0.15) is 0 Å². The second-order valence-electron chi connectivity index (χ2n) is 6.05. The fourth-order valence-electron chi connectivity index (χ4n) is 2.65. The van der Waals surface area contributed by atoms with E-state index in [2.05, 4.69) is 5.32 Å². The Kier molecular flexibility index (Phi) is 6.80. The predicted molar refractivity (Wildman–Crippen MR) is 111 cm³/mol. The molecule has 0 heterocycles. The summed E-state index contributed by atoms with van der Waals surface area (Å²) < 4.78 is 11.2. The molecule has 0 aromatic heterocycles. The highest BCUT2D eigenvalue weighted by Crippen LogP contribution is 2.23. The maximum Gasteiger partial charge on any atom is 0.251 e. The standard InChI is InChI=1S/C22H19Cl2NO3/c1-27-21-10-8-15(11-17(21)14-28-19-5-3-2-4-6-19)22(26)25-13-16-7-9-18(23)12-20(16)24/h2-12H,13-14H2,1H3,(H,25,26). The van der Waals surface area contributed by atoms with Gasteiger partial charge in [-0.3, -0.25) is 4.79 Å². The van der Waals surface area contributed by atoms with Crippen LogP contribution in [0.1, 0.15) is 21.5 Å². The number of halogens is 2. The van der Waals surface area contributed by atoms with Gasteiger partial charge in [0.15, 0.2) is 0 Å². The van der Waals surface area contributed by atoms with E-state index in [1.807, 2.05) is 30.3 Å². The van der Waals surface area contributed by atoms with Crippen molar-refractivity contribution in [2.45, 2.75) is 13.2 Å². The molecule has 1 amide bonds. The van der Waals surface area contributed by atoms with E-state index in [9.17, 15) is 4.79 Å². The molecule has 3 rings (SSSR count). The lowest BCUT2D eigenvalue weighted by molar-refractivity contribution is 0.0950. The van der Waals surface area contributed by atoms with Crippen LogP contribution in [0.3, 0.4) is 0 Å². The highest BCUT2D eigenvalue weighted by Gasteiger charge is 2.12. The van der Waals surface area contributed by atoms with Crippen LogP contribution in [0.4, 0.5) is 0 Å². The van der Waals surface area contributed by atoms with E-state index in [-0.39, 0.29) is 12.5 Å². The molecule has 0 saturated carbocycles. The molecule has 0 unspecified atom stereocenters. The average molecular weight is 416 g/mol. The molecule has 0 aliphatic rings. The van der Waals surface area contributed by atoms with Crippen molar-refractivity contribution in [3.63, 3.8) is 0 Å². The van der Waals surface area contributed by atoms with Crippen molar-refractivity contribution in [1.82, 2.24) is 5.32 Å². The summed E-state index contributed by atoms with van der Waals surface area (Å²) in [6.45, 7) is 0.591. The quantitative estimate of drug-likeness (QED) is 0.553. The number of benzene rings is 3. The Bertz CT molecular complexity index is 961. The minimum atomic E-state index is -0.213. The maximum atomic E-state index is 12.6. The molecule has 0 radical (unpaired) electrons. The van der Waals surface area contributed by atoms with Crippen LogP contribution in [0.5, 0.6) is 11.5 Å². The zero-order valence-electron chi connectivity index (χ0n) is 15.2. The predicted octanol–water partition coefficient (Wildman–Crippen LogP) is 5.51. The molecule has 3 aromatic rings. The average Bonchev–Trinajstić information content (AvgIpc) is 2.72. The third-order valence-electron chi connectivity index (χ3n) is 4.13. The molecule has 0 fully saturated rings. The minimum Gasteiger partial charge on any atom is -0.496 e. The van der Waals surface area contributed by atoms with Crippen molar-refractivity contribution >= 4 is 29.1 Å². The normalized spacial score (nSPS) is 10.4.